The molecule has 7 rings (SSSR count). The fourth-order valence-electron chi connectivity index (χ4n) is 6.13. The molecule has 1 aliphatic carbocycles. The Bertz CT molecular complexity index is 1250. The van der Waals surface area contributed by atoms with Crippen molar-refractivity contribution in [2.45, 2.75) is 51.0 Å². The van der Waals surface area contributed by atoms with E-state index in [4.69, 9.17) is 9.72 Å². The summed E-state index contributed by atoms with van der Waals surface area (Å²) in [5, 5.41) is 4.74. The number of nitrogens with one attached hydrogen (secondary N) is 1. The second kappa shape index (κ2) is 8.01. The second-order valence-corrected chi connectivity index (χ2v) is 11.4. The van der Waals surface area contributed by atoms with Crippen molar-refractivity contribution >= 4 is 49.7 Å². The molecule has 1 N–H and O–H groups in total. The highest BCUT2D eigenvalue weighted by Gasteiger charge is 2.44. The van der Waals surface area contributed by atoms with E-state index in [1.54, 1.807) is 6.33 Å². The molecule has 1 unspecified atom stereocenters. The summed E-state index contributed by atoms with van der Waals surface area (Å²) in [4.78, 5) is 14.4. The normalized spacial score (nSPS) is 22.8. The summed E-state index contributed by atoms with van der Waals surface area (Å²) in [5.74, 6) is 1.86. The molecule has 3 aliphatic heterocycles. The zero-order valence-electron chi connectivity index (χ0n) is 19.4. The highest BCUT2D eigenvalue weighted by molar-refractivity contribution is 9.10. The number of ether oxygens (including phenoxy) is 1. The van der Waals surface area contributed by atoms with Crippen LogP contribution in [0, 0.1) is 5.41 Å². The van der Waals surface area contributed by atoms with Crippen molar-refractivity contribution in [3.8, 4) is 5.75 Å². The summed E-state index contributed by atoms with van der Waals surface area (Å²) >= 11 is 3.72. The van der Waals surface area contributed by atoms with E-state index in [2.05, 4.69) is 66.4 Å². The molecule has 34 heavy (non-hydrogen) atoms. The van der Waals surface area contributed by atoms with Crippen molar-refractivity contribution in [1.82, 2.24) is 9.97 Å². The number of fused-ring (bicyclic) bond motifs is 4. The molecule has 1 atom stereocenters. The Balaban J connectivity index is 1.25. The van der Waals surface area contributed by atoms with Crippen LogP contribution < -0.4 is 19.9 Å². The molecular formula is C27H30BrN5O. The molecule has 1 saturated carbocycles. The van der Waals surface area contributed by atoms with Crippen molar-refractivity contribution in [3.63, 3.8) is 0 Å². The number of halogens is 1. The Labute approximate surface area is 208 Å². The van der Waals surface area contributed by atoms with Gasteiger partial charge in [-0.25, -0.2) is 9.97 Å². The maximum Gasteiger partial charge on any atom is 0.143 e. The topological polar surface area (TPSA) is 53.5 Å². The van der Waals surface area contributed by atoms with E-state index in [1.165, 1.54) is 56.3 Å². The van der Waals surface area contributed by atoms with E-state index < -0.39 is 0 Å². The number of anilines is 4. The fourth-order valence-corrected chi connectivity index (χ4v) is 6.57. The highest BCUT2D eigenvalue weighted by atomic mass is 79.9. The van der Waals surface area contributed by atoms with Gasteiger partial charge in [-0.05, 0) is 80.7 Å². The van der Waals surface area contributed by atoms with E-state index in [1.807, 2.05) is 0 Å². The standard InChI is InChI=1S/C27H30BrN5O/c28-18-13-21-25(23(14-18)32-11-8-27(6-7-27)9-12-32)26(30-17-29-21)31-19-4-5-24-22(15-19)33-10-2-1-3-20(33)16-34-24/h4-5,13-15,17,20H,1-3,6-12,16H2,(H,29,30,31). The molecular weight excluding hydrogens is 490 g/mol. The van der Waals surface area contributed by atoms with Crippen LogP contribution in [0.15, 0.2) is 41.1 Å². The Morgan fingerprint density at radius 3 is 2.71 bits per heavy atom. The summed E-state index contributed by atoms with van der Waals surface area (Å²) in [5.41, 5.74) is 5.07. The minimum Gasteiger partial charge on any atom is -0.489 e. The molecule has 0 amide bonds. The van der Waals surface area contributed by atoms with Crippen molar-refractivity contribution < 1.29 is 4.74 Å². The lowest BCUT2D eigenvalue weighted by molar-refractivity contribution is 0.240. The van der Waals surface area contributed by atoms with Gasteiger partial charge in [0.05, 0.1) is 28.3 Å². The number of benzene rings is 2. The lowest BCUT2D eigenvalue weighted by atomic mass is 9.93. The number of aromatic nitrogens is 2. The van der Waals surface area contributed by atoms with Crippen LogP contribution in [-0.2, 0) is 0 Å². The van der Waals surface area contributed by atoms with Crippen LogP contribution in [-0.4, -0.2) is 42.3 Å². The van der Waals surface area contributed by atoms with Gasteiger partial charge >= 0.3 is 0 Å². The summed E-state index contributed by atoms with van der Waals surface area (Å²) in [6.45, 7) is 4.11. The van der Waals surface area contributed by atoms with Gasteiger partial charge in [-0.15, -0.1) is 0 Å². The maximum atomic E-state index is 6.09. The van der Waals surface area contributed by atoms with Crippen molar-refractivity contribution in [2.24, 2.45) is 5.41 Å². The van der Waals surface area contributed by atoms with E-state index in [0.717, 1.165) is 58.9 Å². The van der Waals surface area contributed by atoms with E-state index in [9.17, 15) is 0 Å². The van der Waals surface area contributed by atoms with Gasteiger partial charge in [-0.2, -0.15) is 0 Å². The SMILES string of the molecule is Brc1cc(N2CCC3(CC2)CC3)c2c(Nc3ccc4c(c3)N3CCCCC3CO4)ncnc2c1. The zero-order valence-corrected chi connectivity index (χ0v) is 21.0. The molecule has 2 aromatic carbocycles. The first kappa shape index (κ1) is 20.8. The number of nitrogens with zero attached hydrogens (tertiary/aromatic N) is 4. The summed E-state index contributed by atoms with van der Waals surface area (Å²) in [7, 11) is 0. The molecule has 0 radical (unpaired) electrons. The Kier molecular flexibility index (Phi) is 4.90. The average Bonchev–Trinajstić information content (AvgIpc) is 3.62. The monoisotopic (exact) mass is 519 g/mol. The predicted molar refractivity (Wildman–Crippen MR) is 141 cm³/mol. The van der Waals surface area contributed by atoms with Gasteiger partial charge in [-0.1, -0.05) is 15.9 Å². The third kappa shape index (κ3) is 3.60. The lowest BCUT2D eigenvalue weighted by Gasteiger charge is -2.41. The maximum absolute atomic E-state index is 6.09. The van der Waals surface area contributed by atoms with Gasteiger partial charge < -0.3 is 19.9 Å². The fraction of sp³-hybridized carbons (Fsp3) is 0.481. The first-order valence-corrected chi connectivity index (χ1v) is 13.5. The molecule has 1 aromatic heterocycles. The molecule has 3 fully saturated rings. The van der Waals surface area contributed by atoms with Gasteiger partial charge in [0.1, 0.15) is 24.5 Å². The zero-order chi connectivity index (χ0) is 22.7. The quantitative estimate of drug-likeness (QED) is 0.440. The van der Waals surface area contributed by atoms with Crippen molar-refractivity contribution in [3.05, 3.63) is 41.1 Å². The van der Waals surface area contributed by atoms with Crippen LogP contribution in [0.2, 0.25) is 0 Å². The van der Waals surface area contributed by atoms with Crippen molar-refractivity contribution in [2.75, 3.05) is 41.4 Å². The molecule has 3 aromatic rings. The van der Waals surface area contributed by atoms with Crippen LogP contribution in [0.25, 0.3) is 10.9 Å². The molecule has 6 nitrogen and oxygen atoms in total. The summed E-state index contributed by atoms with van der Waals surface area (Å²) < 4.78 is 7.16. The van der Waals surface area contributed by atoms with Crippen LogP contribution in [0.3, 0.4) is 0 Å². The predicted octanol–water partition coefficient (Wildman–Crippen LogP) is 6.27. The van der Waals surface area contributed by atoms with Crippen LogP contribution in [0.1, 0.15) is 44.9 Å². The van der Waals surface area contributed by atoms with Crippen LogP contribution >= 0.6 is 15.9 Å². The minimum atomic E-state index is 0.495. The average molecular weight is 520 g/mol. The van der Waals surface area contributed by atoms with Gasteiger partial charge in [0.25, 0.3) is 0 Å². The Morgan fingerprint density at radius 1 is 0.971 bits per heavy atom. The number of hydrogen-bond donors (Lipinski definition) is 1. The minimum absolute atomic E-state index is 0.495. The third-order valence-electron chi connectivity index (χ3n) is 8.39. The lowest BCUT2D eigenvalue weighted by Crippen LogP contribution is -2.46. The molecule has 7 heteroatoms. The third-order valence-corrected chi connectivity index (χ3v) is 8.85. The Morgan fingerprint density at radius 2 is 1.85 bits per heavy atom. The van der Waals surface area contributed by atoms with Gasteiger partial charge in [0.15, 0.2) is 0 Å². The first-order chi connectivity index (χ1) is 16.7. The second-order valence-electron chi connectivity index (χ2n) is 10.5. The van der Waals surface area contributed by atoms with Crippen LogP contribution in [0.4, 0.5) is 22.9 Å². The van der Waals surface area contributed by atoms with E-state index in [-0.39, 0.29) is 0 Å². The molecule has 1 spiro atoms. The van der Waals surface area contributed by atoms with E-state index in [0.29, 0.717) is 11.5 Å². The smallest absolute Gasteiger partial charge is 0.143 e. The van der Waals surface area contributed by atoms with Gasteiger partial charge in [0, 0.05) is 29.8 Å². The first-order valence-electron chi connectivity index (χ1n) is 12.7. The summed E-state index contributed by atoms with van der Waals surface area (Å²) in [6.07, 6.45) is 10.8. The summed E-state index contributed by atoms with van der Waals surface area (Å²) in [6, 6.07) is 11.3. The number of hydrogen-bond acceptors (Lipinski definition) is 6. The molecule has 4 aliphatic rings. The van der Waals surface area contributed by atoms with Crippen LogP contribution in [0.5, 0.6) is 5.75 Å². The molecule has 0 bridgehead atoms. The molecule has 2 saturated heterocycles. The largest absolute Gasteiger partial charge is 0.489 e. The highest BCUT2D eigenvalue weighted by Crippen LogP contribution is 2.54. The van der Waals surface area contributed by atoms with Crippen molar-refractivity contribution in [1.29, 1.82) is 0 Å². The van der Waals surface area contributed by atoms with Gasteiger partial charge in [0.2, 0.25) is 0 Å². The molecule has 176 valence electrons. The number of rotatable bonds is 3. The van der Waals surface area contributed by atoms with E-state index >= 15 is 0 Å². The Hall–Kier alpha value is -2.54. The molecule has 4 heterocycles. The van der Waals surface area contributed by atoms with Gasteiger partial charge in [-0.3, -0.25) is 0 Å². The number of piperidine rings is 2.